The van der Waals surface area contributed by atoms with Crippen LogP contribution in [0, 0.1) is 13.8 Å². The maximum Gasteiger partial charge on any atom is 0.175 e. The lowest BCUT2D eigenvalue weighted by atomic mass is 10.0. The monoisotopic (exact) mass is 311 g/mol. The molecule has 0 fully saturated rings. The molecule has 0 saturated carbocycles. The summed E-state index contributed by atoms with van der Waals surface area (Å²) in [5, 5.41) is 8.23. The maximum absolute atomic E-state index is 6.25. The number of aryl methyl sites for hydroxylation is 2. The number of benzene rings is 1. The molecule has 1 aromatic carbocycles. The third-order valence-corrected chi connectivity index (χ3v) is 5.77. The Labute approximate surface area is 126 Å². The van der Waals surface area contributed by atoms with E-state index < -0.39 is 0 Å². The maximum atomic E-state index is 6.25. The van der Waals surface area contributed by atoms with Crippen molar-refractivity contribution in [3.05, 3.63) is 34.9 Å². The van der Waals surface area contributed by atoms with Crippen molar-refractivity contribution >= 4 is 34.9 Å². The normalized spacial score (nSPS) is 12.6. The molecule has 2 N–H and O–H groups in total. The second-order valence-electron chi connectivity index (χ2n) is 4.38. The lowest BCUT2D eigenvalue weighted by molar-refractivity contribution is 0.826. The predicted molar refractivity (Wildman–Crippen MR) is 85.3 cm³/mol. The highest BCUT2D eigenvalue weighted by atomic mass is 32.2. The molecule has 6 heteroatoms. The average Bonchev–Trinajstić information content (AvgIpc) is 2.82. The summed E-state index contributed by atoms with van der Waals surface area (Å²) in [7, 11) is 0. The second kappa shape index (κ2) is 6.74. The van der Waals surface area contributed by atoms with Crippen LogP contribution >= 0.6 is 34.9 Å². The van der Waals surface area contributed by atoms with Crippen molar-refractivity contribution in [1.29, 1.82) is 0 Å². The molecule has 0 aliphatic rings. The first-order chi connectivity index (χ1) is 9.08. The van der Waals surface area contributed by atoms with Gasteiger partial charge in [-0.15, -0.1) is 10.2 Å². The smallest absolute Gasteiger partial charge is 0.175 e. The van der Waals surface area contributed by atoms with E-state index >= 15 is 0 Å². The van der Waals surface area contributed by atoms with Crippen molar-refractivity contribution < 1.29 is 0 Å². The lowest BCUT2D eigenvalue weighted by Gasteiger charge is -2.12. The molecule has 102 valence electrons. The lowest BCUT2D eigenvalue weighted by Crippen LogP contribution is -2.13. The molecule has 0 saturated heterocycles. The number of nitrogens with zero attached hydrogens (tertiary/aromatic N) is 2. The second-order valence-corrected chi connectivity index (χ2v) is 7.67. The minimum Gasteiger partial charge on any atom is -0.323 e. The van der Waals surface area contributed by atoms with Crippen LogP contribution in [0.5, 0.6) is 0 Å². The molecule has 1 aromatic heterocycles. The van der Waals surface area contributed by atoms with E-state index in [0.29, 0.717) is 0 Å². The van der Waals surface area contributed by atoms with Gasteiger partial charge in [-0.2, -0.15) is 0 Å². The van der Waals surface area contributed by atoms with Crippen LogP contribution < -0.4 is 5.73 Å². The minimum absolute atomic E-state index is 0.0326. The van der Waals surface area contributed by atoms with Crippen LogP contribution in [-0.4, -0.2) is 22.2 Å². The van der Waals surface area contributed by atoms with Crippen LogP contribution in [0.2, 0.25) is 0 Å². The van der Waals surface area contributed by atoms with E-state index in [-0.39, 0.29) is 6.04 Å². The van der Waals surface area contributed by atoms with Crippen LogP contribution in [0.3, 0.4) is 0 Å². The van der Waals surface area contributed by atoms with E-state index in [1.165, 1.54) is 16.7 Å². The fourth-order valence-corrected chi connectivity index (χ4v) is 4.27. The molecular weight excluding hydrogens is 294 g/mol. The van der Waals surface area contributed by atoms with E-state index in [1.807, 2.05) is 6.26 Å². The van der Waals surface area contributed by atoms with Gasteiger partial charge in [-0.05, 0) is 25.7 Å². The minimum atomic E-state index is 0.0326. The van der Waals surface area contributed by atoms with Gasteiger partial charge in [0.05, 0.1) is 0 Å². The van der Waals surface area contributed by atoms with E-state index in [1.54, 1.807) is 34.9 Å². The van der Waals surface area contributed by atoms with E-state index in [2.05, 4.69) is 42.2 Å². The zero-order valence-corrected chi connectivity index (χ0v) is 13.7. The summed E-state index contributed by atoms with van der Waals surface area (Å²) in [5.41, 5.74) is 9.96. The Morgan fingerprint density at radius 2 is 1.79 bits per heavy atom. The summed E-state index contributed by atoms with van der Waals surface area (Å²) in [6.45, 7) is 4.21. The Kier molecular flexibility index (Phi) is 5.27. The SMILES string of the molecule is CSc1nnc(SCC(N)c2cc(C)cc(C)c2)s1. The molecule has 0 aliphatic carbocycles. The average molecular weight is 312 g/mol. The van der Waals surface area contributed by atoms with Crippen LogP contribution in [-0.2, 0) is 0 Å². The van der Waals surface area contributed by atoms with Crippen LogP contribution in [0.25, 0.3) is 0 Å². The molecule has 2 aromatic rings. The van der Waals surface area contributed by atoms with Gasteiger partial charge in [0.25, 0.3) is 0 Å². The molecule has 0 amide bonds. The first-order valence-corrected chi connectivity index (χ1v) is 8.95. The summed E-state index contributed by atoms with van der Waals surface area (Å²) >= 11 is 4.93. The van der Waals surface area contributed by atoms with Gasteiger partial charge in [-0.3, -0.25) is 0 Å². The third kappa shape index (κ3) is 4.21. The summed E-state index contributed by atoms with van der Waals surface area (Å²) in [5.74, 6) is 0.825. The fourth-order valence-electron chi connectivity index (χ4n) is 1.82. The highest BCUT2D eigenvalue weighted by molar-refractivity contribution is 8.02. The molecule has 2 rings (SSSR count). The van der Waals surface area contributed by atoms with Gasteiger partial charge in [0.2, 0.25) is 0 Å². The zero-order chi connectivity index (χ0) is 13.8. The Hall–Kier alpha value is -0.560. The van der Waals surface area contributed by atoms with Crippen molar-refractivity contribution in [3.63, 3.8) is 0 Å². The summed E-state index contributed by atoms with van der Waals surface area (Å²) in [6, 6.07) is 6.51. The van der Waals surface area contributed by atoms with E-state index in [9.17, 15) is 0 Å². The van der Waals surface area contributed by atoms with Crippen molar-refractivity contribution in [2.75, 3.05) is 12.0 Å². The molecule has 1 unspecified atom stereocenters. The Morgan fingerprint density at radius 3 is 2.37 bits per heavy atom. The fraction of sp³-hybridized carbons (Fsp3) is 0.385. The van der Waals surface area contributed by atoms with Crippen LogP contribution in [0.15, 0.2) is 26.9 Å². The predicted octanol–water partition coefficient (Wildman–Crippen LogP) is 3.67. The van der Waals surface area contributed by atoms with Gasteiger partial charge in [-0.25, -0.2) is 0 Å². The zero-order valence-electron chi connectivity index (χ0n) is 11.2. The van der Waals surface area contributed by atoms with Gasteiger partial charge in [0.15, 0.2) is 8.68 Å². The molecule has 0 radical (unpaired) electrons. The molecule has 0 bridgehead atoms. The van der Waals surface area contributed by atoms with Crippen molar-refractivity contribution in [3.8, 4) is 0 Å². The number of rotatable bonds is 5. The van der Waals surface area contributed by atoms with Gasteiger partial charge in [0, 0.05) is 11.8 Å². The molecule has 1 heterocycles. The van der Waals surface area contributed by atoms with Gasteiger partial charge in [-0.1, -0.05) is 64.2 Å². The summed E-state index contributed by atoms with van der Waals surface area (Å²) in [4.78, 5) is 0. The Balaban J connectivity index is 1.98. The molecule has 1 atom stereocenters. The number of hydrogen-bond acceptors (Lipinski definition) is 6. The van der Waals surface area contributed by atoms with Gasteiger partial charge in [0.1, 0.15) is 0 Å². The molecule has 3 nitrogen and oxygen atoms in total. The van der Waals surface area contributed by atoms with Crippen molar-refractivity contribution in [1.82, 2.24) is 10.2 Å². The Morgan fingerprint density at radius 1 is 1.16 bits per heavy atom. The summed E-state index contributed by atoms with van der Waals surface area (Å²) < 4.78 is 1.99. The van der Waals surface area contributed by atoms with E-state index in [4.69, 9.17) is 5.73 Å². The summed E-state index contributed by atoms with van der Waals surface area (Å²) in [6.07, 6.45) is 2.01. The standard InChI is InChI=1S/C13H17N3S3/c1-8-4-9(2)6-10(5-8)11(14)7-18-13-16-15-12(17-3)19-13/h4-6,11H,7,14H2,1-3H3. The topological polar surface area (TPSA) is 51.8 Å². The largest absolute Gasteiger partial charge is 0.323 e. The number of thioether (sulfide) groups is 2. The first kappa shape index (κ1) is 14.8. The van der Waals surface area contributed by atoms with E-state index in [0.717, 1.165) is 14.4 Å². The molecule has 0 spiro atoms. The third-order valence-electron chi connectivity index (χ3n) is 2.62. The number of hydrogen-bond donors (Lipinski definition) is 1. The van der Waals surface area contributed by atoms with Crippen LogP contribution in [0.4, 0.5) is 0 Å². The molecule has 0 aliphatic heterocycles. The number of nitrogens with two attached hydrogens (primary N) is 1. The van der Waals surface area contributed by atoms with Crippen LogP contribution in [0.1, 0.15) is 22.7 Å². The first-order valence-electron chi connectivity index (χ1n) is 5.92. The number of aromatic nitrogens is 2. The molecule has 19 heavy (non-hydrogen) atoms. The van der Waals surface area contributed by atoms with Crippen molar-refractivity contribution in [2.45, 2.75) is 28.6 Å². The highest BCUT2D eigenvalue weighted by Gasteiger charge is 2.10. The highest BCUT2D eigenvalue weighted by Crippen LogP contribution is 2.29. The van der Waals surface area contributed by atoms with Crippen molar-refractivity contribution in [2.24, 2.45) is 5.73 Å². The quantitative estimate of drug-likeness (QED) is 0.854. The Bertz CT molecular complexity index is 534. The van der Waals surface area contributed by atoms with Gasteiger partial charge >= 0.3 is 0 Å². The van der Waals surface area contributed by atoms with Gasteiger partial charge < -0.3 is 5.73 Å². The molecular formula is C13H17N3S3.